The SMILES string of the molecule is Cc1ccc2ccccc2c1CN1CCC[C@@](O)(c2cn[nH]n2)C1. The number of benzene rings is 2. The van der Waals surface area contributed by atoms with Crippen molar-refractivity contribution in [2.75, 3.05) is 13.1 Å². The van der Waals surface area contributed by atoms with E-state index in [1.54, 1.807) is 6.20 Å². The van der Waals surface area contributed by atoms with E-state index in [1.807, 2.05) is 0 Å². The van der Waals surface area contributed by atoms with Crippen molar-refractivity contribution in [2.24, 2.45) is 0 Å². The van der Waals surface area contributed by atoms with Crippen molar-refractivity contribution in [3.63, 3.8) is 0 Å². The number of β-amino-alcohol motifs (C(OH)–C–C–N with tert-alkyl or cyclic N) is 1. The van der Waals surface area contributed by atoms with Gasteiger partial charge in [-0.3, -0.25) is 4.90 Å². The molecule has 1 fully saturated rings. The number of likely N-dealkylation sites (tertiary alicyclic amines) is 1. The molecule has 1 aliphatic heterocycles. The summed E-state index contributed by atoms with van der Waals surface area (Å²) in [6.45, 7) is 4.58. The summed E-state index contributed by atoms with van der Waals surface area (Å²) >= 11 is 0. The van der Waals surface area contributed by atoms with Crippen LogP contribution in [-0.2, 0) is 12.1 Å². The Morgan fingerprint density at radius 1 is 1.25 bits per heavy atom. The molecule has 5 nitrogen and oxygen atoms in total. The van der Waals surface area contributed by atoms with E-state index in [0.29, 0.717) is 12.2 Å². The van der Waals surface area contributed by atoms with E-state index in [-0.39, 0.29) is 0 Å². The van der Waals surface area contributed by atoms with Crippen molar-refractivity contribution >= 4 is 10.8 Å². The van der Waals surface area contributed by atoms with Crippen LogP contribution in [0.15, 0.2) is 42.6 Å². The van der Waals surface area contributed by atoms with Crippen LogP contribution in [0.25, 0.3) is 10.8 Å². The Hall–Kier alpha value is -2.24. The van der Waals surface area contributed by atoms with Crippen molar-refractivity contribution in [2.45, 2.75) is 31.9 Å². The van der Waals surface area contributed by atoms with Gasteiger partial charge in [0.25, 0.3) is 0 Å². The van der Waals surface area contributed by atoms with Crippen molar-refractivity contribution in [1.29, 1.82) is 0 Å². The van der Waals surface area contributed by atoms with E-state index >= 15 is 0 Å². The molecule has 0 unspecified atom stereocenters. The standard InChI is InChI=1S/C19H22N4O/c1-14-7-8-15-5-2-3-6-16(15)17(14)12-23-10-4-9-19(24,13-23)18-11-20-22-21-18/h2-3,5-8,11,24H,4,9-10,12-13H2,1H3,(H,20,21,22)/t19-/m0/s1. The van der Waals surface area contributed by atoms with Gasteiger partial charge in [0.05, 0.1) is 6.20 Å². The molecular formula is C19H22N4O. The van der Waals surface area contributed by atoms with Gasteiger partial charge in [-0.25, -0.2) is 0 Å². The third kappa shape index (κ3) is 2.70. The van der Waals surface area contributed by atoms with Crippen molar-refractivity contribution in [3.05, 3.63) is 59.4 Å². The smallest absolute Gasteiger partial charge is 0.123 e. The van der Waals surface area contributed by atoms with Gasteiger partial charge in [-0.05, 0) is 48.2 Å². The fourth-order valence-corrected chi connectivity index (χ4v) is 3.77. The number of aryl methyl sites for hydroxylation is 1. The summed E-state index contributed by atoms with van der Waals surface area (Å²) in [6, 6.07) is 12.9. The maximum atomic E-state index is 11.0. The molecule has 2 heterocycles. The lowest BCUT2D eigenvalue weighted by Crippen LogP contribution is -2.46. The highest BCUT2D eigenvalue weighted by molar-refractivity contribution is 5.86. The average Bonchev–Trinajstić information content (AvgIpc) is 3.13. The lowest BCUT2D eigenvalue weighted by atomic mass is 9.89. The lowest BCUT2D eigenvalue weighted by molar-refractivity contribution is -0.0413. The molecular weight excluding hydrogens is 300 g/mol. The van der Waals surface area contributed by atoms with E-state index < -0.39 is 5.60 Å². The first-order valence-electron chi connectivity index (χ1n) is 8.44. The molecule has 0 aliphatic carbocycles. The predicted molar refractivity (Wildman–Crippen MR) is 93.5 cm³/mol. The van der Waals surface area contributed by atoms with E-state index in [2.05, 4.69) is 63.6 Å². The van der Waals surface area contributed by atoms with Gasteiger partial charge < -0.3 is 5.11 Å². The molecule has 124 valence electrons. The minimum absolute atomic E-state index is 0.586. The molecule has 0 saturated carbocycles. The van der Waals surface area contributed by atoms with Crippen LogP contribution in [0, 0.1) is 6.92 Å². The zero-order valence-corrected chi connectivity index (χ0v) is 13.9. The quantitative estimate of drug-likeness (QED) is 0.778. The number of nitrogens with one attached hydrogen (secondary N) is 1. The second kappa shape index (κ2) is 6.00. The monoisotopic (exact) mass is 322 g/mol. The molecule has 0 bridgehead atoms. The molecule has 0 radical (unpaired) electrons. The van der Waals surface area contributed by atoms with Gasteiger partial charge in [0.15, 0.2) is 0 Å². The Morgan fingerprint density at radius 2 is 2.12 bits per heavy atom. The third-order valence-corrected chi connectivity index (χ3v) is 5.10. The van der Waals surface area contributed by atoms with Gasteiger partial charge in [-0.2, -0.15) is 15.4 Å². The van der Waals surface area contributed by atoms with Gasteiger partial charge in [0, 0.05) is 13.1 Å². The number of H-pyrrole nitrogens is 1. The first-order valence-corrected chi connectivity index (χ1v) is 8.44. The van der Waals surface area contributed by atoms with Gasteiger partial charge in [0.2, 0.25) is 0 Å². The summed E-state index contributed by atoms with van der Waals surface area (Å²) in [7, 11) is 0. The molecule has 1 saturated heterocycles. The largest absolute Gasteiger partial charge is 0.382 e. The number of aromatic amines is 1. The molecule has 24 heavy (non-hydrogen) atoms. The highest BCUT2D eigenvalue weighted by atomic mass is 16.3. The molecule has 2 aromatic carbocycles. The van der Waals surface area contributed by atoms with E-state index in [0.717, 1.165) is 25.9 Å². The van der Waals surface area contributed by atoms with Crippen LogP contribution in [0.1, 0.15) is 29.7 Å². The third-order valence-electron chi connectivity index (χ3n) is 5.10. The Morgan fingerprint density at radius 3 is 2.96 bits per heavy atom. The Balaban J connectivity index is 1.63. The van der Waals surface area contributed by atoms with Gasteiger partial charge >= 0.3 is 0 Å². The van der Waals surface area contributed by atoms with Crippen LogP contribution in [0.4, 0.5) is 0 Å². The first kappa shape index (κ1) is 15.3. The Labute approximate surface area is 141 Å². The Kier molecular flexibility index (Phi) is 3.82. The normalized spacial score (nSPS) is 22.1. The topological polar surface area (TPSA) is 65.0 Å². The van der Waals surface area contributed by atoms with E-state index in [4.69, 9.17) is 0 Å². The van der Waals surface area contributed by atoms with Crippen molar-refractivity contribution in [3.8, 4) is 0 Å². The molecule has 0 amide bonds. The predicted octanol–water partition coefficient (Wildman–Crippen LogP) is 2.75. The number of piperidine rings is 1. The minimum atomic E-state index is -0.913. The summed E-state index contributed by atoms with van der Waals surface area (Å²) in [6.07, 6.45) is 3.31. The van der Waals surface area contributed by atoms with Gasteiger partial charge in [-0.1, -0.05) is 36.4 Å². The summed E-state index contributed by atoms with van der Waals surface area (Å²) in [5.41, 5.74) is 2.37. The van der Waals surface area contributed by atoms with Gasteiger partial charge in [0.1, 0.15) is 11.3 Å². The highest BCUT2D eigenvalue weighted by Crippen LogP contribution is 2.32. The first-order chi connectivity index (χ1) is 11.7. The molecule has 4 rings (SSSR count). The lowest BCUT2D eigenvalue weighted by Gasteiger charge is -2.38. The summed E-state index contributed by atoms with van der Waals surface area (Å²) in [5.74, 6) is 0. The van der Waals surface area contributed by atoms with Crippen molar-refractivity contribution in [1.82, 2.24) is 20.3 Å². The van der Waals surface area contributed by atoms with E-state index in [9.17, 15) is 5.11 Å². The molecule has 1 aliphatic rings. The number of rotatable bonds is 3. The zero-order chi connectivity index (χ0) is 16.6. The number of hydrogen-bond donors (Lipinski definition) is 2. The molecule has 5 heteroatoms. The highest BCUT2D eigenvalue weighted by Gasteiger charge is 2.37. The maximum Gasteiger partial charge on any atom is 0.123 e. The second-order valence-corrected chi connectivity index (χ2v) is 6.78. The molecule has 1 atom stereocenters. The summed E-state index contributed by atoms with van der Waals surface area (Å²) < 4.78 is 0. The van der Waals surface area contributed by atoms with Crippen LogP contribution in [0.3, 0.4) is 0 Å². The van der Waals surface area contributed by atoms with Crippen LogP contribution in [0.5, 0.6) is 0 Å². The van der Waals surface area contributed by atoms with E-state index in [1.165, 1.54) is 21.9 Å². The molecule has 1 aromatic heterocycles. The van der Waals surface area contributed by atoms with Crippen LogP contribution >= 0.6 is 0 Å². The summed E-state index contributed by atoms with van der Waals surface area (Å²) in [5, 5.41) is 24.1. The maximum absolute atomic E-state index is 11.0. The minimum Gasteiger partial charge on any atom is -0.382 e. The van der Waals surface area contributed by atoms with Crippen LogP contribution in [-0.4, -0.2) is 38.5 Å². The second-order valence-electron chi connectivity index (χ2n) is 6.78. The molecule has 0 spiro atoms. The van der Waals surface area contributed by atoms with Crippen molar-refractivity contribution < 1.29 is 5.11 Å². The fraction of sp³-hybridized carbons (Fsp3) is 0.368. The Bertz CT molecular complexity index is 846. The molecule has 3 aromatic rings. The zero-order valence-electron chi connectivity index (χ0n) is 13.9. The fourth-order valence-electron chi connectivity index (χ4n) is 3.77. The van der Waals surface area contributed by atoms with Crippen LogP contribution in [0.2, 0.25) is 0 Å². The summed E-state index contributed by atoms with van der Waals surface area (Å²) in [4.78, 5) is 2.33. The molecule has 2 N–H and O–H groups in total. The van der Waals surface area contributed by atoms with Gasteiger partial charge in [-0.15, -0.1) is 0 Å². The number of hydrogen-bond acceptors (Lipinski definition) is 4. The number of aromatic nitrogens is 3. The number of nitrogens with zero attached hydrogens (tertiary/aromatic N) is 3. The average molecular weight is 322 g/mol. The number of aliphatic hydroxyl groups is 1. The number of fused-ring (bicyclic) bond motifs is 1. The van der Waals surface area contributed by atoms with Crippen LogP contribution < -0.4 is 0 Å².